The molecular formula is C64H74N16O16. The summed E-state index contributed by atoms with van der Waals surface area (Å²) in [7, 11) is 0. The first kappa shape index (κ1) is 69.8. The van der Waals surface area contributed by atoms with Crippen LogP contribution in [-0.4, -0.2) is 180 Å². The van der Waals surface area contributed by atoms with Crippen molar-refractivity contribution in [2.45, 2.75) is 158 Å². The number of esters is 8. The molecule has 0 unspecified atom stereocenters. The molecule has 0 saturated heterocycles. The van der Waals surface area contributed by atoms with E-state index in [1.165, 1.54) is 0 Å². The van der Waals surface area contributed by atoms with Gasteiger partial charge < -0.3 is 47.9 Å². The molecule has 2 aliphatic rings. The second-order valence-electron chi connectivity index (χ2n) is 22.0. The van der Waals surface area contributed by atoms with Crippen LogP contribution in [0.4, 0.5) is 0 Å². The number of nitrogens with one attached hydrogen (secondary N) is 2. The molecule has 9 rings (SSSR count). The molecule has 96 heavy (non-hydrogen) atoms. The lowest BCUT2D eigenvalue weighted by atomic mass is 10.2. The molecule has 32 nitrogen and oxygen atoms in total. The highest BCUT2D eigenvalue weighted by Crippen LogP contribution is 2.36. The quantitative estimate of drug-likeness (QED) is 0.0225. The first-order chi connectivity index (χ1) is 46.6. The summed E-state index contributed by atoms with van der Waals surface area (Å²) in [5.41, 5.74) is -8.06. The maximum Gasteiger partial charge on any atom is 0.359 e. The third-order valence-corrected chi connectivity index (χ3v) is 14.5. The van der Waals surface area contributed by atoms with E-state index < -0.39 is 93.3 Å². The van der Waals surface area contributed by atoms with Gasteiger partial charge in [-0.05, 0) is 51.4 Å². The summed E-state index contributed by atoms with van der Waals surface area (Å²) in [5.74, 6) is -9.98. The molecule has 9 heterocycles. The number of aromatic nitrogens is 16. The number of fused-ring (bicyclic) bond motifs is 20. The van der Waals surface area contributed by atoms with Crippen molar-refractivity contribution in [2.24, 2.45) is 0 Å². The normalized spacial score (nSPS) is 11.4. The van der Waals surface area contributed by atoms with Gasteiger partial charge in [0.15, 0.2) is 91.4 Å². The summed E-state index contributed by atoms with van der Waals surface area (Å²) in [4.78, 5) is 186. The largest absolute Gasteiger partial charge is 0.461 e. The Morgan fingerprint density at radius 3 is 0.542 bits per heavy atom. The fourth-order valence-corrected chi connectivity index (χ4v) is 9.12. The van der Waals surface area contributed by atoms with E-state index in [1.54, 1.807) is 0 Å². The van der Waals surface area contributed by atoms with Crippen LogP contribution in [0, 0.1) is 0 Å². The summed E-state index contributed by atoms with van der Waals surface area (Å²) < 4.78 is 44.9. The fourth-order valence-electron chi connectivity index (χ4n) is 9.12. The zero-order valence-electron chi connectivity index (χ0n) is 54.8. The summed E-state index contributed by atoms with van der Waals surface area (Å²) in [6.07, 6.45) is 8.74. The maximum atomic E-state index is 14.2. The number of unbranched alkanes of at least 4 members (excludes halogenated alkanes) is 8. The Morgan fingerprint density at radius 1 is 0.229 bits per heavy atom. The Kier molecular flexibility index (Phi) is 24.0. The van der Waals surface area contributed by atoms with E-state index in [2.05, 4.69) is 49.8 Å². The molecule has 8 bridgehead atoms. The van der Waals surface area contributed by atoms with Gasteiger partial charge in [0.2, 0.25) is 0 Å². The number of hydrogen-bond donors (Lipinski definition) is 2. The van der Waals surface area contributed by atoms with Crippen molar-refractivity contribution in [3.8, 4) is 46.1 Å². The van der Waals surface area contributed by atoms with Gasteiger partial charge in [0.05, 0.1) is 52.9 Å². The van der Waals surface area contributed by atoms with Crippen molar-refractivity contribution < 1.29 is 76.3 Å². The lowest BCUT2D eigenvalue weighted by Crippen LogP contribution is -2.19. The number of rotatable bonds is 32. The third-order valence-electron chi connectivity index (χ3n) is 14.5. The number of H-pyrrole nitrogens is 2. The van der Waals surface area contributed by atoms with Gasteiger partial charge in [0.1, 0.15) is 44.8 Å². The number of aromatic amines is 2. The zero-order valence-corrected chi connectivity index (χ0v) is 54.8. The molecule has 0 atom stereocenters. The second-order valence-corrected chi connectivity index (χ2v) is 22.0. The highest BCUT2D eigenvalue weighted by atomic mass is 16.6. The van der Waals surface area contributed by atoms with Crippen LogP contribution >= 0.6 is 0 Å². The van der Waals surface area contributed by atoms with Crippen LogP contribution in [0.2, 0.25) is 0 Å². The van der Waals surface area contributed by atoms with Crippen LogP contribution < -0.4 is 0 Å². The van der Waals surface area contributed by atoms with Crippen molar-refractivity contribution in [1.29, 1.82) is 0 Å². The predicted molar refractivity (Wildman–Crippen MR) is 340 cm³/mol. The number of nitrogens with zero attached hydrogens (tertiary/aromatic N) is 14. The minimum atomic E-state index is -1.06. The van der Waals surface area contributed by atoms with E-state index >= 15 is 0 Å². The van der Waals surface area contributed by atoms with Crippen LogP contribution in [0.3, 0.4) is 0 Å². The molecule has 0 aromatic carbocycles. The number of hydrogen-bond acceptors (Lipinski definition) is 30. The topological polar surface area (TPSA) is 422 Å². The summed E-state index contributed by atoms with van der Waals surface area (Å²) in [6.45, 7) is 14.6. The van der Waals surface area contributed by atoms with Gasteiger partial charge in [0.25, 0.3) is 0 Å². The van der Waals surface area contributed by atoms with Crippen LogP contribution in [0.15, 0.2) is 0 Å². The molecule has 0 aliphatic carbocycles. The van der Waals surface area contributed by atoms with Crippen molar-refractivity contribution in [3.63, 3.8) is 0 Å². The van der Waals surface area contributed by atoms with Crippen LogP contribution in [0.25, 0.3) is 90.7 Å². The van der Waals surface area contributed by atoms with Crippen molar-refractivity contribution in [1.82, 2.24) is 79.7 Å². The Bertz CT molecular complexity index is 3780. The number of carbonyl (C=O) groups is 8. The number of ether oxygens (including phenoxy) is 8. The average Bonchev–Trinajstić information content (AvgIpc) is 1.58. The maximum absolute atomic E-state index is 14.2. The van der Waals surface area contributed by atoms with Gasteiger partial charge in [-0.15, -0.1) is 0 Å². The fraction of sp³-hybridized carbons (Fsp3) is 0.500. The van der Waals surface area contributed by atoms with E-state index in [4.69, 9.17) is 67.8 Å². The van der Waals surface area contributed by atoms with Crippen molar-refractivity contribution in [3.05, 3.63) is 45.6 Å². The molecule has 7 aromatic heterocycles. The monoisotopic (exact) mass is 1320 g/mol. The molecule has 506 valence electrons. The van der Waals surface area contributed by atoms with E-state index in [0.717, 1.165) is 0 Å². The van der Waals surface area contributed by atoms with E-state index in [0.29, 0.717) is 103 Å². The second kappa shape index (κ2) is 33.0. The Balaban J connectivity index is 1.48. The van der Waals surface area contributed by atoms with E-state index in [9.17, 15) is 38.4 Å². The molecular weight excluding hydrogens is 1250 g/mol. The van der Waals surface area contributed by atoms with Gasteiger partial charge >= 0.3 is 47.8 Å². The smallest absolute Gasteiger partial charge is 0.359 e. The van der Waals surface area contributed by atoms with E-state index in [-0.39, 0.29) is 144 Å². The minimum Gasteiger partial charge on any atom is -0.461 e. The SMILES string of the molecule is CCCCOC(=O)c1nc2c(nc1C(=O)OCCCC)-c1nc-2nc2[nH]c(nc3nc(nc4[nH]c(n1)c1nc(C(=O)OCCCC)c(C(=O)OCCCC)nc41)-c1nc(C(=O)OCCCC)c(C(=O)OCCCC)nc1-3)c1nc(C(=O)OCCCC)c(C(=O)OCCCC)nc21. The molecule has 32 heteroatoms. The summed E-state index contributed by atoms with van der Waals surface area (Å²) in [5, 5.41) is 0. The van der Waals surface area contributed by atoms with Gasteiger partial charge in [-0.3, -0.25) is 0 Å². The number of carbonyl (C=O) groups excluding carboxylic acids is 8. The molecule has 0 fully saturated rings. The minimum absolute atomic E-state index is 0.0628. The first-order valence-corrected chi connectivity index (χ1v) is 32.5. The average molecular weight is 1320 g/mol. The van der Waals surface area contributed by atoms with Crippen molar-refractivity contribution in [2.75, 3.05) is 52.9 Å². The third kappa shape index (κ3) is 15.8. The van der Waals surface area contributed by atoms with Crippen molar-refractivity contribution >= 4 is 92.4 Å². The van der Waals surface area contributed by atoms with Crippen LogP contribution in [0.1, 0.15) is 242 Å². The molecule has 0 spiro atoms. The molecule has 7 aromatic rings. The Labute approximate surface area is 549 Å². The van der Waals surface area contributed by atoms with Gasteiger partial charge in [-0.25, -0.2) is 108 Å². The molecule has 0 saturated carbocycles. The van der Waals surface area contributed by atoms with Gasteiger partial charge in [0, 0.05) is 0 Å². The highest BCUT2D eigenvalue weighted by Gasteiger charge is 2.36. The lowest BCUT2D eigenvalue weighted by Gasteiger charge is -2.10. The molecule has 2 N–H and O–H groups in total. The van der Waals surface area contributed by atoms with Crippen LogP contribution in [-0.2, 0) is 37.9 Å². The summed E-state index contributed by atoms with van der Waals surface area (Å²) in [6, 6.07) is 0. The standard InChI is InChI=1S/C64H74N16O16/c1-9-17-25-89-57(81)41-42(58(82)90-26-18-10-2)66-34-33(65-41)49-73-50(34)78-52-37-38(70-46(62(86)94-30-22-14-6)45(69-37)61(85)93-29-21-13-5)54(75-52)80-56-40-39(71-47(63(87)95-31-23-15-7)48(72-40)64(88)96-32-24-16-8)55(76-56)79-53-36-35(51(74-53)77-49)67-43(59(83)91-27-19-11-3)44(68-36)60(84)92-28-20-12-4/h9-32H2,1-8H3,(H2,73,74,75,76,77,78,79,80). The molecule has 0 radical (unpaired) electrons. The predicted octanol–water partition coefficient (Wildman–Crippen LogP) is 9.68. The van der Waals surface area contributed by atoms with E-state index in [1.807, 2.05) is 55.4 Å². The summed E-state index contributed by atoms with van der Waals surface area (Å²) >= 11 is 0. The zero-order chi connectivity index (χ0) is 68.4. The van der Waals surface area contributed by atoms with Gasteiger partial charge in [-0.1, -0.05) is 107 Å². The van der Waals surface area contributed by atoms with Crippen LogP contribution in [0.5, 0.6) is 0 Å². The Morgan fingerprint density at radius 2 is 0.385 bits per heavy atom. The Hall–Kier alpha value is -10.6. The first-order valence-electron chi connectivity index (χ1n) is 32.5. The molecule has 0 amide bonds. The molecule has 2 aliphatic heterocycles. The lowest BCUT2D eigenvalue weighted by molar-refractivity contribution is 0.0441. The van der Waals surface area contributed by atoms with Gasteiger partial charge in [-0.2, -0.15) is 0 Å². The highest BCUT2D eigenvalue weighted by molar-refractivity contribution is 6.09.